The highest BCUT2D eigenvalue weighted by Gasteiger charge is 2.26. The van der Waals surface area contributed by atoms with Crippen molar-refractivity contribution in [1.29, 1.82) is 0 Å². The first-order valence-electron chi connectivity index (χ1n) is 9.58. The summed E-state index contributed by atoms with van der Waals surface area (Å²) in [4.78, 5) is 32.0. The Bertz CT molecular complexity index is 1250. The predicted molar refractivity (Wildman–Crippen MR) is 115 cm³/mol. The van der Waals surface area contributed by atoms with Gasteiger partial charge in [0.25, 0.3) is 11.6 Å². The molecule has 0 aliphatic carbocycles. The Morgan fingerprint density at radius 3 is 2.62 bits per heavy atom. The van der Waals surface area contributed by atoms with Crippen molar-refractivity contribution < 1.29 is 22.7 Å². The van der Waals surface area contributed by atoms with Crippen LogP contribution in [-0.4, -0.2) is 71.6 Å². The summed E-state index contributed by atoms with van der Waals surface area (Å²) >= 11 is 1.52. The minimum absolute atomic E-state index is 0.0226. The van der Waals surface area contributed by atoms with Crippen LogP contribution in [0.1, 0.15) is 16.2 Å². The van der Waals surface area contributed by atoms with Gasteiger partial charge in [-0.3, -0.25) is 19.8 Å². The summed E-state index contributed by atoms with van der Waals surface area (Å²) < 4.78 is 29.1. The number of thiophene rings is 1. The van der Waals surface area contributed by atoms with Gasteiger partial charge in [-0.2, -0.15) is 4.98 Å². The van der Waals surface area contributed by atoms with Crippen molar-refractivity contribution >= 4 is 32.8 Å². The molecule has 32 heavy (non-hydrogen) atoms. The van der Waals surface area contributed by atoms with Gasteiger partial charge < -0.3 is 9.42 Å². The molecule has 4 rings (SSSR count). The fraction of sp³-hybridized carbons (Fsp3) is 0.316. The van der Waals surface area contributed by atoms with E-state index >= 15 is 0 Å². The van der Waals surface area contributed by atoms with Crippen LogP contribution in [0.25, 0.3) is 10.7 Å². The monoisotopic (exact) mass is 477 g/mol. The molecule has 0 N–H and O–H groups in total. The highest BCUT2D eigenvalue weighted by atomic mass is 32.2. The lowest BCUT2D eigenvalue weighted by atomic mass is 10.1. The van der Waals surface area contributed by atoms with E-state index in [2.05, 4.69) is 15.0 Å². The van der Waals surface area contributed by atoms with E-state index in [1.807, 2.05) is 17.5 Å². The van der Waals surface area contributed by atoms with Gasteiger partial charge in [0.2, 0.25) is 11.7 Å². The molecule has 0 bridgehead atoms. The van der Waals surface area contributed by atoms with Gasteiger partial charge in [0, 0.05) is 50.1 Å². The number of benzene rings is 1. The van der Waals surface area contributed by atoms with E-state index in [0.717, 1.165) is 23.3 Å². The fourth-order valence-electron chi connectivity index (χ4n) is 3.33. The van der Waals surface area contributed by atoms with E-state index in [9.17, 15) is 23.3 Å². The first-order valence-corrected chi connectivity index (χ1v) is 12.4. The van der Waals surface area contributed by atoms with Gasteiger partial charge in [-0.1, -0.05) is 11.2 Å². The van der Waals surface area contributed by atoms with Crippen LogP contribution in [0.3, 0.4) is 0 Å². The molecule has 1 aromatic carbocycles. The van der Waals surface area contributed by atoms with E-state index in [1.54, 1.807) is 4.90 Å². The molecule has 0 saturated carbocycles. The molecule has 0 radical (unpaired) electrons. The van der Waals surface area contributed by atoms with Crippen molar-refractivity contribution in [3.63, 3.8) is 0 Å². The number of sulfone groups is 1. The molecule has 13 heteroatoms. The number of piperazine rings is 1. The molecule has 168 valence electrons. The summed E-state index contributed by atoms with van der Waals surface area (Å²) in [6, 6.07) is 7.06. The minimum atomic E-state index is -3.71. The zero-order valence-electron chi connectivity index (χ0n) is 17.0. The zero-order chi connectivity index (χ0) is 22.9. The maximum Gasteiger partial charge on any atom is 0.271 e. The van der Waals surface area contributed by atoms with Crippen LogP contribution in [0.5, 0.6) is 0 Å². The van der Waals surface area contributed by atoms with Gasteiger partial charge >= 0.3 is 0 Å². The maximum atomic E-state index is 12.9. The van der Waals surface area contributed by atoms with Crippen LogP contribution in [0.2, 0.25) is 0 Å². The van der Waals surface area contributed by atoms with Gasteiger partial charge in [-0.25, -0.2) is 8.42 Å². The summed E-state index contributed by atoms with van der Waals surface area (Å²) in [5.74, 6) is 0.567. The first kappa shape index (κ1) is 22.0. The minimum Gasteiger partial charge on any atom is -0.338 e. The number of aromatic nitrogens is 2. The third-order valence-corrected chi connectivity index (χ3v) is 6.96. The smallest absolute Gasteiger partial charge is 0.271 e. The number of non-ortho nitro benzene ring substituents is 1. The summed E-state index contributed by atoms with van der Waals surface area (Å²) in [6.45, 7) is 2.27. The van der Waals surface area contributed by atoms with Crippen LogP contribution < -0.4 is 0 Å². The second kappa shape index (κ2) is 8.76. The Morgan fingerprint density at radius 2 is 2.00 bits per heavy atom. The number of carbonyl (C=O) groups is 1. The van der Waals surface area contributed by atoms with Crippen LogP contribution in [0, 0.1) is 10.1 Å². The summed E-state index contributed by atoms with van der Waals surface area (Å²) in [6.07, 6.45) is 0.945. The third-order valence-electron chi connectivity index (χ3n) is 5.01. The zero-order valence-corrected chi connectivity index (χ0v) is 18.6. The number of amides is 1. The number of nitro groups is 1. The van der Waals surface area contributed by atoms with Crippen LogP contribution in [0.15, 0.2) is 45.1 Å². The van der Waals surface area contributed by atoms with Crippen LogP contribution >= 0.6 is 11.3 Å². The van der Waals surface area contributed by atoms with Gasteiger partial charge in [-0.15, -0.1) is 11.3 Å². The topological polar surface area (TPSA) is 140 Å². The fourth-order valence-corrected chi connectivity index (χ4v) is 4.66. The Hall–Kier alpha value is -3.16. The average Bonchev–Trinajstić information content (AvgIpc) is 3.45. The maximum absolute atomic E-state index is 12.9. The number of rotatable bonds is 6. The van der Waals surface area contributed by atoms with Gasteiger partial charge in [-0.05, 0) is 17.5 Å². The Morgan fingerprint density at radius 1 is 1.25 bits per heavy atom. The summed E-state index contributed by atoms with van der Waals surface area (Å²) in [5, 5.41) is 17.1. The largest absolute Gasteiger partial charge is 0.338 e. The van der Waals surface area contributed by atoms with E-state index < -0.39 is 26.4 Å². The number of nitrogens with zero attached hydrogens (tertiary/aromatic N) is 5. The van der Waals surface area contributed by atoms with Crippen molar-refractivity contribution in [1.82, 2.24) is 19.9 Å². The molecule has 1 fully saturated rings. The highest BCUT2D eigenvalue weighted by Crippen LogP contribution is 2.24. The molecule has 1 amide bonds. The Labute approximate surface area is 187 Å². The molecule has 11 nitrogen and oxygen atoms in total. The highest BCUT2D eigenvalue weighted by molar-refractivity contribution is 7.90. The van der Waals surface area contributed by atoms with E-state index in [0.29, 0.717) is 44.4 Å². The van der Waals surface area contributed by atoms with E-state index in [-0.39, 0.29) is 10.5 Å². The number of hydrogen-bond donors (Lipinski definition) is 0. The molecule has 0 unspecified atom stereocenters. The molecule has 2 aromatic heterocycles. The Kier molecular flexibility index (Phi) is 6.04. The van der Waals surface area contributed by atoms with Gasteiger partial charge in [0.1, 0.15) is 0 Å². The Balaban J connectivity index is 1.41. The van der Waals surface area contributed by atoms with Crippen LogP contribution in [0.4, 0.5) is 5.69 Å². The molecule has 0 spiro atoms. The van der Waals surface area contributed by atoms with E-state index in [1.165, 1.54) is 17.4 Å². The lowest BCUT2D eigenvalue weighted by Gasteiger charge is -2.34. The molecule has 0 atom stereocenters. The summed E-state index contributed by atoms with van der Waals surface area (Å²) in [5.41, 5.74) is -0.460. The van der Waals surface area contributed by atoms with Crippen molar-refractivity contribution in [3.05, 3.63) is 57.3 Å². The van der Waals surface area contributed by atoms with Gasteiger partial charge in [0.05, 0.1) is 21.2 Å². The SMILES string of the molecule is CS(=O)(=O)c1cc(C(=O)N2CCN(Cc3nc(-c4cccs4)no3)CC2)cc([N+](=O)[O-])c1. The molecular formula is C19H19N5O6S2. The van der Waals surface area contributed by atoms with Crippen molar-refractivity contribution in [2.75, 3.05) is 32.4 Å². The second-order valence-electron chi connectivity index (χ2n) is 7.30. The number of hydrogen-bond acceptors (Lipinski definition) is 10. The second-order valence-corrected chi connectivity index (χ2v) is 10.3. The number of nitro benzene ring substituents is 1. The molecule has 1 aliphatic heterocycles. The average molecular weight is 478 g/mol. The normalized spacial score (nSPS) is 15.1. The van der Waals surface area contributed by atoms with Crippen LogP contribution in [-0.2, 0) is 16.4 Å². The number of carbonyl (C=O) groups excluding carboxylic acids is 1. The predicted octanol–water partition coefficient (Wildman–Crippen LogP) is 2.07. The molecule has 1 saturated heterocycles. The molecule has 3 aromatic rings. The lowest BCUT2D eigenvalue weighted by molar-refractivity contribution is -0.385. The third kappa shape index (κ3) is 4.84. The van der Waals surface area contributed by atoms with E-state index in [4.69, 9.17) is 4.52 Å². The molecule has 1 aliphatic rings. The van der Waals surface area contributed by atoms with Crippen molar-refractivity contribution in [3.8, 4) is 10.7 Å². The van der Waals surface area contributed by atoms with Crippen molar-refractivity contribution in [2.24, 2.45) is 0 Å². The standard InChI is InChI=1S/C19H19N5O6S2/c1-32(28,29)15-10-13(9-14(11-15)24(26)27)19(25)23-6-4-22(5-7-23)12-17-20-18(21-30-17)16-3-2-8-31-16/h2-3,8-11H,4-7,12H2,1H3. The van der Waals surface area contributed by atoms with Crippen molar-refractivity contribution in [2.45, 2.75) is 11.4 Å². The summed E-state index contributed by atoms with van der Waals surface area (Å²) in [7, 11) is -3.71. The lowest BCUT2D eigenvalue weighted by Crippen LogP contribution is -2.48. The molecular weight excluding hydrogens is 458 g/mol. The quantitative estimate of drug-likeness (QED) is 0.385. The molecule has 3 heterocycles. The van der Waals surface area contributed by atoms with Gasteiger partial charge in [0.15, 0.2) is 9.84 Å². The first-order chi connectivity index (χ1) is 15.2.